The molecule has 6 nitrogen and oxygen atoms in total. The van der Waals surface area contributed by atoms with Crippen molar-refractivity contribution in [3.05, 3.63) is 46.9 Å². The van der Waals surface area contributed by atoms with E-state index in [1.54, 1.807) is 11.3 Å². The van der Waals surface area contributed by atoms with Crippen LogP contribution in [-0.2, 0) is 4.74 Å². The van der Waals surface area contributed by atoms with Crippen LogP contribution in [0.25, 0.3) is 10.2 Å². The van der Waals surface area contributed by atoms with Crippen LogP contribution in [-0.4, -0.2) is 55.2 Å². The van der Waals surface area contributed by atoms with Crippen molar-refractivity contribution in [3.8, 4) is 0 Å². The Morgan fingerprint density at radius 1 is 1.20 bits per heavy atom. The van der Waals surface area contributed by atoms with Crippen LogP contribution in [0.2, 0.25) is 0 Å². The molecule has 1 aliphatic rings. The summed E-state index contributed by atoms with van der Waals surface area (Å²) < 4.78 is 12.1. The summed E-state index contributed by atoms with van der Waals surface area (Å²) in [5.74, 6) is 1.36. The fourth-order valence-electron chi connectivity index (χ4n) is 3.68. The zero-order valence-electron chi connectivity index (χ0n) is 17.6. The Hall–Kier alpha value is -1.93. The minimum absolute atomic E-state index is 0. The minimum atomic E-state index is -0.0443. The first kappa shape index (κ1) is 22.7. The molecule has 3 aromatic rings. The Morgan fingerprint density at radius 3 is 2.67 bits per heavy atom. The van der Waals surface area contributed by atoms with Crippen LogP contribution in [0.1, 0.15) is 33.9 Å². The summed E-state index contributed by atoms with van der Waals surface area (Å²) in [6.07, 6.45) is 0.885. The molecule has 162 valence electrons. The molecule has 0 atom stereocenters. The van der Waals surface area contributed by atoms with E-state index in [1.807, 2.05) is 30.9 Å². The van der Waals surface area contributed by atoms with Crippen molar-refractivity contribution in [1.29, 1.82) is 0 Å². The van der Waals surface area contributed by atoms with E-state index in [0.717, 1.165) is 60.4 Å². The highest BCUT2D eigenvalue weighted by atomic mass is 35.5. The van der Waals surface area contributed by atoms with Crippen molar-refractivity contribution in [2.24, 2.45) is 0 Å². The number of rotatable bonds is 6. The fourth-order valence-corrected chi connectivity index (χ4v) is 4.77. The molecule has 0 aliphatic carbocycles. The molecule has 0 spiro atoms. The number of fused-ring (bicyclic) bond motifs is 1. The highest BCUT2D eigenvalue weighted by Gasteiger charge is 2.25. The van der Waals surface area contributed by atoms with Gasteiger partial charge in [-0.15, -0.1) is 12.4 Å². The van der Waals surface area contributed by atoms with Gasteiger partial charge in [-0.2, -0.15) is 0 Å². The van der Waals surface area contributed by atoms with Crippen LogP contribution in [0.3, 0.4) is 0 Å². The van der Waals surface area contributed by atoms with E-state index in [1.165, 1.54) is 5.56 Å². The molecule has 30 heavy (non-hydrogen) atoms. The van der Waals surface area contributed by atoms with E-state index in [2.05, 4.69) is 24.0 Å². The summed E-state index contributed by atoms with van der Waals surface area (Å²) >= 11 is 1.57. The van der Waals surface area contributed by atoms with E-state index >= 15 is 0 Å². The molecule has 0 N–H and O–H groups in total. The summed E-state index contributed by atoms with van der Waals surface area (Å²) in [6, 6.07) is 8.03. The molecular formula is C22H28ClN3O3S. The van der Waals surface area contributed by atoms with Crippen LogP contribution in [0.4, 0.5) is 5.13 Å². The van der Waals surface area contributed by atoms with Gasteiger partial charge in [0.1, 0.15) is 11.5 Å². The number of amides is 1. The Kier molecular flexibility index (Phi) is 7.52. The average Bonchev–Trinajstić information content (AvgIpc) is 3.27. The predicted octanol–water partition coefficient (Wildman–Crippen LogP) is 4.61. The third-order valence-electron chi connectivity index (χ3n) is 5.24. The number of nitrogens with zero attached hydrogens (tertiary/aromatic N) is 3. The number of carbonyl (C=O) groups excluding carboxylic acids is 1. The normalized spacial score (nSPS) is 14.6. The molecule has 0 radical (unpaired) electrons. The molecular weight excluding hydrogens is 422 g/mol. The van der Waals surface area contributed by atoms with Gasteiger partial charge in [-0.05, 0) is 51.0 Å². The quantitative estimate of drug-likeness (QED) is 0.550. The molecule has 0 unspecified atom stereocenters. The minimum Gasteiger partial charge on any atom is -0.466 e. The van der Waals surface area contributed by atoms with Gasteiger partial charge in [0.15, 0.2) is 5.13 Å². The van der Waals surface area contributed by atoms with Crippen molar-refractivity contribution in [2.45, 2.75) is 27.2 Å². The molecule has 4 rings (SSSR count). The first-order valence-corrected chi connectivity index (χ1v) is 10.9. The third-order valence-corrected chi connectivity index (χ3v) is 6.28. The lowest BCUT2D eigenvalue weighted by Gasteiger charge is -2.27. The number of carbonyl (C=O) groups is 1. The maximum atomic E-state index is 13.4. The topological polar surface area (TPSA) is 58.8 Å². The average molecular weight is 450 g/mol. The molecule has 0 saturated carbocycles. The van der Waals surface area contributed by atoms with Crippen molar-refractivity contribution in [2.75, 3.05) is 44.3 Å². The predicted molar refractivity (Wildman–Crippen MR) is 123 cm³/mol. The van der Waals surface area contributed by atoms with Gasteiger partial charge in [0.25, 0.3) is 5.91 Å². The van der Waals surface area contributed by atoms with Crippen molar-refractivity contribution < 1.29 is 13.9 Å². The third kappa shape index (κ3) is 5.03. The number of furan rings is 1. The zero-order valence-corrected chi connectivity index (χ0v) is 19.3. The molecule has 3 heterocycles. The highest BCUT2D eigenvalue weighted by molar-refractivity contribution is 7.22. The number of aromatic nitrogens is 1. The second kappa shape index (κ2) is 9.92. The summed E-state index contributed by atoms with van der Waals surface area (Å²) in [4.78, 5) is 22.4. The molecule has 1 fully saturated rings. The van der Waals surface area contributed by atoms with Gasteiger partial charge < -0.3 is 9.15 Å². The van der Waals surface area contributed by atoms with Crippen LogP contribution < -0.4 is 4.90 Å². The number of hydrogen-bond acceptors (Lipinski definition) is 6. The SMILES string of the molecule is Cc1ccc2nc(N(CCCN3CCOCC3)C(=O)c3cc(C)oc3C)sc2c1.Cl. The Labute approximate surface area is 187 Å². The standard InChI is InChI=1S/C22H27N3O3S.ClH/c1-15-5-6-19-20(13-15)29-22(23-19)25(8-4-7-24-9-11-27-12-10-24)21(26)18-14-16(2)28-17(18)3;/h5-6,13-14H,4,7-12H2,1-3H3;1H. The maximum absolute atomic E-state index is 13.4. The van der Waals surface area contributed by atoms with Crippen LogP contribution in [0, 0.1) is 20.8 Å². The Balaban J connectivity index is 0.00000256. The number of ether oxygens (including phenoxy) is 1. The van der Waals surface area contributed by atoms with Gasteiger partial charge in [0.05, 0.1) is 29.0 Å². The second-order valence-electron chi connectivity index (χ2n) is 7.56. The molecule has 1 aliphatic heterocycles. The number of anilines is 1. The van der Waals surface area contributed by atoms with Gasteiger partial charge in [-0.25, -0.2) is 4.98 Å². The number of benzene rings is 1. The number of halogens is 1. The summed E-state index contributed by atoms with van der Waals surface area (Å²) in [5.41, 5.74) is 2.74. The monoisotopic (exact) mass is 449 g/mol. The van der Waals surface area contributed by atoms with Crippen molar-refractivity contribution in [1.82, 2.24) is 9.88 Å². The van der Waals surface area contributed by atoms with Crippen LogP contribution >= 0.6 is 23.7 Å². The highest BCUT2D eigenvalue weighted by Crippen LogP contribution is 2.31. The molecule has 0 bridgehead atoms. The fraction of sp³-hybridized carbons (Fsp3) is 0.455. The smallest absolute Gasteiger partial charge is 0.263 e. The number of morpholine rings is 1. The lowest BCUT2D eigenvalue weighted by molar-refractivity contribution is 0.0376. The number of aryl methyl sites for hydroxylation is 3. The number of thiazole rings is 1. The number of hydrogen-bond donors (Lipinski definition) is 0. The van der Waals surface area contributed by atoms with Gasteiger partial charge in [-0.1, -0.05) is 17.4 Å². The van der Waals surface area contributed by atoms with E-state index in [-0.39, 0.29) is 18.3 Å². The zero-order chi connectivity index (χ0) is 20.4. The van der Waals surface area contributed by atoms with E-state index in [0.29, 0.717) is 17.9 Å². The van der Waals surface area contributed by atoms with E-state index in [4.69, 9.17) is 14.1 Å². The van der Waals surface area contributed by atoms with E-state index in [9.17, 15) is 4.79 Å². The molecule has 2 aromatic heterocycles. The second-order valence-corrected chi connectivity index (χ2v) is 8.57. The Morgan fingerprint density at radius 2 is 1.97 bits per heavy atom. The van der Waals surface area contributed by atoms with Crippen LogP contribution in [0.15, 0.2) is 28.7 Å². The Bertz CT molecular complexity index is 1010. The first-order valence-electron chi connectivity index (χ1n) is 10.1. The van der Waals surface area contributed by atoms with Gasteiger partial charge >= 0.3 is 0 Å². The summed E-state index contributed by atoms with van der Waals surface area (Å²) in [5, 5.41) is 0.746. The lowest BCUT2D eigenvalue weighted by Crippen LogP contribution is -2.39. The summed E-state index contributed by atoms with van der Waals surface area (Å²) in [7, 11) is 0. The van der Waals surface area contributed by atoms with E-state index < -0.39 is 0 Å². The van der Waals surface area contributed by atoms with Crippen LogP contribution in [0.5, 0.6) is 0 Å². The molecule has 8 heteroatoms. The molecule has 1 aromatic carbocycles. The van der Waals surface area contributed by atoms with Crippen molar-refractivity contribution >= 4 is 45.0 Å². The molecule has 1 amide bonds. The lowest BCUT2D eigenvalue weighted by atomic mass is 10.2. The summed E-state index contributed by atoms with van der Waals surface area (Å²) in [6.45, 7) is 10.8. The van der Waals surface area contributed by atoms with Gasteiger partial charge in [0.2, 0.25) is 0 Å². The van der Waals surface area contributed by atoms with Gasteiger partial charge in [0, 0.05) is 26.2 Å². The van der Waals surface area contributed by atoms with Gasteiger partial charge in [-0.3, -0.25) is 14.6 Å². The molecule has 1 saturated heterocycles. The first-order chi connectivity index (χ1) is 14.0. The maximum Gasteiger partial charge on any atom is 0.263 e. The van der Waals surface area contributed by atoms with Crippen molar-refractivity contribution in [3.63, 3.8) is 0 Å². The largest absolute Gasteiger partial charge is 0.466 e.